The van der Waals surface area contributed by atoms with Gasteiger partial charge in [-0.25, -0.2) is 4.99 Å². The lowest BCUT2D eigenvalue weighted by Crippen LogP contribution is -2.39. The monoisotopic (exact) mass is 536 g/mol. The van der Waals surface area contributed by atoms with Crippen LogP contribution in [-0.2, 0) is 6.54 Å². The summed E-state index contributed by atoms with van der Waals surface area (Å²) in [6.45, 7) is 2.80. The zero-order chi connectivity index (χ0) is 20.9. The van der Waals surface area contributed by atoms with Crippen LogP contribution in [0.15, 0.2) is 47.7 Å². The Morgan fingerprint density at radius 3 is 2.63 bits per heavy atom. The maximum absolute atomic E-state index is 12.8. The molecule has 0 aliphatic heterocycles. The van der Waals surface area contributed by atoms with E-state index in [1.54, 1.807) is 43.6 Å². The van der Waals surface area contributed by atoms with Gasteiger partial charge in [0.1, 0.15) is 12.4 Å². The molecule has 0 saturated carbocycles. The van der Waals surface area contributed by atoms with Gasteiger partial charge in [0.15, 0.2) is 17.5 Å². The molecule has 2 rings (SSSR count). The van der Waals surface area contributed by atoms with Crippen molar-refractivity contribution in [2.45, 2.75) is 27.0 Å². The highest BCUT2D eigenvalue weighted by molar-refractivity contribution is 14.0. The molecule has 1 aromatic carbocycles. The average molecular weight is 536 g/mol. The van der Waals surface area contributed by atoms with E-state index in [0.717, 1.165) is 0 Å². The van der Waals surface area contributed by atoms with Crippen LogP contribution in [0.25, 0.3) is 0 Å². The third kappa shape index (κ3) is 8.97. The van der Waals surface area contributed by atoms with Crippen LogP contribution in [0.1, 0.15) is 19.4 Å². The van der Waals surface area contributed by atoms with E-state index in [4.69, 9.17) is 9.47 Å². The Kier molecular flexibility index (Phi) is 12.5. The standard InChI is InChI=1S/C20H26F2N4O3.HI/c1-3-24-20(25-11-12-28-16-8-6-10-23-14-16)26-13-15-7-5-9-17(27-4-2)18(15)29-19(21)22;/h5-10,14,19H,3-4,11-13H2,1-2H3,(H2,24,25,26);1H. The van der Waals surface area contributed by atoms with Gasteiger partial charge in [0.05, 0.1) is 25.9 Å². The number of nitrogens with one attached hydrogen (secondary N) is 2. The number of alkyl halides is 2. The molecule has 0 saturated heterocycles. The van der Waals surface area contributed by atoms with E-state index in [1.807, 2.05) is 13.0 Å². The number of aliphatic imine (C=N–C) groups is 1. The fourth-order valence-corrected chi connectivity index (χ4v) is 2.45. The summed E-state index contributed by atoms with van der Waals surface area (Å²) in [5.74, 6) is 1.48. The molecule has 30 heavy (non-hydrogen) atoms. The molecule has 0 spiro atoms. The zero-order valence-electron chi connectivity index (χ0n) is 16.9. The van der Waals surface area contributed by atoms with Gasteiger partial charge in [-0.15, -0.1) is 24.0 Å². The van der Waals surface area contributed by atoms with Gasteiger partial charge >= 0.3 is 6.61 Å². The first-order chi connectivity index (χ1) is 14.1. The van der Waals surface area contributed by atoms with Gasteiger partial charge in [-0.3, -0.25) is 4.98 Å². The summed E-state index contributed by atoms with van der Waals surface area (Å²) in [4.78, 5) is 8.43. The van der Waals surface area contributed by atoms with Gasteiger partial charge in [0, 0.05) is 18.3 Å². The molecule has 0 fully saturated rings. The highest BCUT2D eigenvalue weighted by Gasteiger charge is 2.15. The molecule has 10 heteroatoms. The smallest absolute Gasteiger partial charge is 0.387 e. The molecule has 7 nitrogen and oxygen atoms in total. The minimum Gasteiger partial charge on any atom is -0.490 e. The van der Waals surface area contributed by atoms with Crippen molar-refractivity contribution in [1.82, 2.24) is 15.6 Å². The van der Waals surface area contributed by atoms with Crippen LogP contribution in [0.4, 0.5) is 8.78 Å². The maximum atomic E-state index is 12.8. The van der Waals surface area contributed by atoms with Gasteiger partial charge in [-0.1, -0.05) is 12.1 Å². The molecule has 0 amide bonds. The molecule has 0 bridgehead atoms. The van der Waals surface area contributed by atoms with Crippen molar-refractivity contribution in [3.63, 3.8) is 0 Å². The van der Waals surface area contributed by atoms with Crippen LogP contribution in [0, 0.1) is 0 Å². The van der Waals surface area contributed by atoms with Crippen LogP contribution in [-0.4, -0.2) is 43.9 Å². The van der Waals surface area contributed by atoms with E-state index in [1.165, 1.54) is 0 Å². The number of aromatic nitrogens is 1. The first kappa shape index (κ1) is 25.7. The summed E-state index contributed by atoms with van der Waals surface area (Å²) in [6, 6.07) is 8.61. The fraction of sp³-hybridized carbons (Fsp3) is 0.400. The quantitative estimate of drug-likeness (QED) is 0.197. The molecular weight excluding hydrogens is 509 g/mol. The SMILES string of the molecule is CCNC(=NCc1cccc(OCC)c1OC(F)F)NCCOc1cccnc1.I. The third-order valence-electron chi connectivity index (χ3n) is 3.62. The van der Waals surface area contributed by atoms with Crippen molar-refractivity contribution in [2.75, 3.05) is 26.3 Å². The molecule has 0 unspecified atom stereocenters. The second-order valence-electron chi connectivity index (χ2n) is 5.72. The molecule has 2 aromatic rings. The van der Waals surface area contributed by atoms with Gasteiger partial charge in [0.25, 0.3) is 0 Å². The minimum atomic E-state index is -2.95. The Balaban J connectivity index is 0.00000450. The number of guanidine groups is 1. The number of nitrogens with zero attached hydrogens (tertiary/aromatic N) is 2. The molecule has 2 N–H and O–H groups in total. The number of benzene rings is 1. The molecule has 1 aromatic heterocycles. The van der Waals surface area contributed by atoms with E-state index < -0.39 is 6.61 Å². The summed E-state index contributed by atoms with van der Waals surface area (Å²) < 4.78 is 41.3. The van der Waals surface area contributed by atoms with Crippen LogP contribution < -0.4 is 24.8 Å². The van der Waals surface area contributed by atoms with Crippen molar-refractivity contribution < 1.29 is 23.0 Å². The fourth-order valence-electron chi connectivity index (χ4n) is 2.45. The average Bonchev–Trinajstić information content (AvgIpc) is 2.71. The Hall–Kier alpha value is -2.37. The number of rotatable bonds is 11. The number of halogens is 3. The highest BCUT2D eigenvalue weighted by Crippen LogP contribution is 2.33. The molecule has 0 aliphatic carbocycles. The summed E-state index contributed by atoms with van der Waals surface area (Å²) in [6.07, 6.45) is 3.31. The second-order valence-corrected chi connectivity index (χ2v) is 5.72. The Bertz CT molecular complexity index is 767. The van der Waals surface area contributed by atoms with Crippen molar-refractivity contribution in [3.05, 3.63) is 48.3 Å². The summed E-state index contributed by atoms with van der Waals surface area (Å²) in [7, 11) is 0. The van der Waals surface area contributed by atoms with Crippen LogP contribution in [0.2, 0.25) is 0 Å². The minimum absolute atomic E-state index is 0. The Morgan fingerprint density at radius 1 is 1.13 bits per heavy atom. The van der Waals surface area contributed by atoms with E-state index in [0.29, 0.717) is 43.6 Å². The largest absolute Gasteiger partial charge is 0.490 e. The van der Waals surface area contributed by atoms with E-state index in [9.17, 15) is 8.78 Å². The molecular formula is C20H27F2IN4O3. The lowest BCUT2D eigenvalue weighted by Gasteiger charge is -2.15. The number of pyridine rings is 1. The van der Waals surface area contributed by atoms with Gasteiger partial charge in [-0.2, -0.15) is 8.78 Å². The Labute approximate surface area is 192 Å². The second kappa shape index (κ2) is 14.6. The molecule has 1 heterocycles. The van der Waals surface area contributed by atoms with Crippen molar-refractivity contribution in [1.29, 1.82) is 0 Å². The van der Waals surface area contributed by atoms with Gasteiger partial charge in [0.2, 0.25) is 0 Å². The maximum Gasteiger partial charge on any atom is 0.387 e. The van der Waals surface area contributed by atoms with E-state index in [2.05, 4.69) is 25.3 Å². The number of para-hydroxylation sites is 1. The van der Waals surface area contributed by atoms with E-state index in [-0.39, 0.29) is 42.0 Å². The zero-order valence-corrected chi connectivity index (χ0v) is 19.3. The Morgan fingerprint density at radius 2 is 1.97 bits per heavy atom. The number of hydrogen-bond donors (Lipinski definition) is 2. The third-order valence-corrected chi connectivity index (χ3v) is 3.62. The normalized spacial score (nSPS) is 10.9. The first-order valence-corrected chi connectivity index (χ1v) is 9.38. The van der Waals surface area contributed by atoms with Crippen molar-refractivity contribution in [3.8, 4) is 17.2 Å². The van der Waals surface area contributed by atoms with E-state index >= 15 is 0 Å². The molecule has 166 valence electrons. The molecule has 0 aliphatic rings. The predicted molar refractivity (Wildman–Crippen MR) is 122 cm³/mol. The molecule has 0 radical (unpaired) electrons. The first-order valence-electron chi connectivity index (χ1n) is 9.38. The highest BCUT2D eigenvalue weighted by atomic mass is 127. The van der Waals surface area contributed by atoms with Crippen LogP contribution >= 0.6 is 24.0 Å². The summed E-state index contributed by atoms with van der Waals surface area (Å²) in [5, 5.41) is 6.24. The number of hydrogen-bond acceptors (Lipinski definition) is 5. The lowest BCUT2D eigenvalue weighted by molar-refractivity contribution is -0.0520. The van der Waals surface area contributed by atoms with Gasteiger partial charge in [-0.05, 0) is 32.0 Å². The topological polar surface area (TPSA) is 77.0 Å². The van der Waals surface area contributed by atoms with Gasteiger partial charge < -0.3 is 24.8 Å². The van der Waals surface area contributed by atoms with Crippen molar-refractivity contribution in [2.24, 2.45) is 4.99 Å². The summed E-state index contributed by atoms with van der Waals surface area (Å²) in [5.41, 5.74) is 0.500. The summed E-state index contributed by atoms with van der Waals surface area (Å²) >= 11 is 0. The molecule has 0 atom stereocenters. The van der Waals surface area contributed by atoms with Crippen LogP contribution in [0.5, 0.6) is 17.2 Å². The number of ether oxygens (including phenoxy) is 3. The predicted octanol–water partition coefficient (Wildman–Crippen LogP) is 3.83. The van der Waals surface area contributed by atoms with Crippen LogP contribution in [0.3, 0.4) is 0 Å². The lowest BCUT2D eigenvalue weighted by atomic mass is 10.2. The van der Waals surface area contributed by atoms with Crippen molar-refractivity contribution >= 4 is 29.9 Å².